The third-order valence-corrected chi connectivity index (χ3v) is 3.73. The van der Waals surface area contributed by atoms with Crippen molar-refractivity contribution in [1.82, 2.24) is 5.43 Å². The van der Waals surface area contributed by atoms with Gasteiger partial charge in [0.2, 0.25) is 0 Å². The number of hydrogen-bond acceptors (Lipinski definition) is 4. The van der Waals surface area contributed by atoms with E-state index in [9.17, 15) is 9.59 Å². The molecular formula is C18H15Cl2N3O3. The first kappa shape index (κ1) is 19.5. The van der Waals surface area contributed by atoms with Crippen LogP contribution in [0.15, 0.2) is 60.2 Å². The van der Waals surface area contributed by atoms with Crippen molar-refractivity contribution >= 4 is 46.9 Å². The van der Waals surface area contributed by atoms with Crippen molar-refractivity contribution in [2.75, 3.05) is 11.9 Å². The molecule has 0 bridgehead atoms. The predicted octanol–water partition coefficient (Wildman–Crippen LogP) is 3.65. The van der Waals surface area contributed by atoms with Gasteiger partial charge in [0.1, 0.15) is 12.4 Å². The van der Waals surface area contributed by atoms with Crippen LogP contribution in [-0.4, -0.2) is 24.6 Å². The number of rotatable bonds is 6. The molecule has 0 aliphatic rings. The molecule has 0 aliphatic carbocycles. The summed E-state index contributed by atoms with van der Waals surface area (Å²) in [6, 6.07) is 11.5. The van der Waals surface area contributed by atoms with Gasteiger partial charge in [-0.05, 0) is 35.9 Å². The number of benzene rings is 2. The Balaban J connectivity index is 1.90. The highest BCUT2D eigenvalue weighted by Gasteiger charge is 2.13. The van der Waals surface area contributed by atoms with E-state index in [4.69, 9.17) is 27.9 Å². The molecule has 2 aromatic carbocycles. The SMILES string of the molecule is C=CCOc1cccc(/C=N\NC(=O)C(=O)Nc2ccc(Cl)c(Cl)c2)c1. The maximum atomic E-state index is 11.8. The van der Waals surface area contributed by atoms with E-state index in [1.54, 1.807) is 30.3 Å². The average molecular weight is 392 g/mol. The van der Waals surface area contributed by atoms with Crippen LogP contribution in [0, 0.1) is 0 Å². The molecular weight excluding hydrogens is 377 g/mol. The molecule has 2 amide bonds. The monoisotopic (exact) mass is 391 g/mol. The van der Waals surface area contributed by atoms with Gasteiger partial charge in [-0.15, -0.1) is 0 Å². The molecule has 0 spiro atoms. The van der Waals surface area contributed by atoms with Gasteiger partial charge in [-0.3, -0.25) is 9.59 Å². The maximum absolute atomic E-state index is 11.8. The van der Waals surface area contributed by atoms with Crippen LogP contribution in [0.4, 0.5) is 5.69 Å². The predicted molar refractivity (Wildman–Crippen MR) is 103 cm³/mol. The zero-order chi connectivity index (χ0) is 18.9. The van der Waals surface area contributed by atoms with Crippen LogP contribution in [0.3, 0.4) is 0 Å². The van der Waals surface area contributed by atoms with E-state index in [0.717, 1.165) is 0 Å². The quantitative estimate of drug-likeness (QED) is 0.341. The van der Waals surface area contributed by atoms with Crippen molar-refractivity contribution in [3.63, 3.8) is 0 Å². The van der Waals surface area contributed by atoms with E-state index < -0.39 is 11.8 Å². The van der Waals surface area contributed by atoms with Crippen LogP contribution in [0.25, 0.3) is 0 Å². The molecule has 0 saturated carbocycles. The second-order valence-electron chi connectivity index (χ2n) is 4.95. The second-order valence-corrected chi connectivity index (χ2v) is 5.77. The van der Waals surface area contributed by atoms with E-state index >= 15 is 0 Å². The van der Waals surface area contributed by atoms with Gasteiger partial charge >= 0.3 is 11.8 Å². The van der Waals surface area contributed by atoms with Gasteiger partial charge in [0.05, 0.1) is 16.3 Å². The molecule has 134 valence electrons. The fraction of sp³-hybridized carbons (Fsp3) is 0.0556. The molecule has 0 radical (unpaired) electrons. The van der Waals surface area contributed by atoms with E-state index in [0.29, 0.717) is 28.6 Å². The first-order chi connectivity index (χ1) is 12.5. The standard InChI is InChI=1S/C18H15Cl2N3O3/c1-2-8-26-14-5-3-4-12(9-14)11-21-23-18(25)17(24)22-13-6-7-15(19)16(20)10-13/h2-7,9-11H,1,8H2,(H,22,24)(H,23,25)/b21-11-. The van der Waals surface area contributed by atoms with Crippen molar-refractivity contribution in [2.45, 2.75) is 0 Å². The lowest BCUT2D eigenvalue weighted by Gasteiger charge is -2.05. The number of hydrazone groups is 1. The van der Waals surface area contributed by atoms with Crippen molar-refractivity contribution in [2.24, 2.45) is 5.10 Å². The van der Waals surface area contributed by atoms with E-state index in [-0.39, 0.29) is 5.02 Å². The lowest BCUT2D eigenvalue weighted by atomic mass is 10.2. The zero-order valence-electron chi connectivity index (χ0n) is 13.5. The zero-order valence-corrected chi connectivity index (χ0v) is 15.1. The average Bonchev–Trinajstić information content (AvgIpc) is 2.63. The lowest BCUT2D eigenvalue weighted by molar-refractivity contribution is -0.136. The number of amides is 2. The highest BCUT2D eigenvalue weighted by Crippen LogP contribution is 2.24. The summed E-state index contributed by atoms with van der Waals surface area (Å²) in [7, 11) is 0. The molecule has 0 fully saturated rings. The molecule has 2 N–H and O–H groups in total. The number of carbonyl (C=O) groups excluding carboxylic acids is 2. The van der Waals surface area contributed by atoms with Crippen LogP contribution < -0.4 is 15.5 Å². The third kappa shape index (κ3) is 5.91. The molecule has 26 heavy (non-hydrogen) atoms. The largest absolute Gasteiger partial charge is 0.490 e. The summed E-state index contributed by atoms with van der Waals surface area (Å²) in [4.78, 5) is 23.6. The van der Waals surface area contributed by atoms with Crippen molar-refractivity contribution in [3.05, 3.63) is 70.7 Å². The Kier molecular flexibility index (Phi) is 7.20. The van der Waals surface area contributed by atoms with Crippen LogP contribution >= 0.6 is 23.2 Å². The maximum Gasteiger partial charge on any atom is 0.329 e. The van der Waals surface area contributed by atoms with Gasteiger partial charge in [-0.25, -0.2) is 5.43 Å². The van der Waals surface area contributed by atoms with E-state index in [1.165, 1.54) is 24.4 Å². The number of nitrogens with one attached hydrogen (secondary N) is 2. The van der Waals surface area contributed by atoms with Crippen LogP contribution in [0.5, 0.6) is 5.75 Å². The summed E-state index contributed by atoms with van der Waals surface area (Å²) in [5, 5.41) is 6.75. The summed E-state index contributed by atoms with van der Waals surface area (Å²) in [5.41, 5.74) is 3.18. The number of ether oxygens (including phenoxy) is 1. The molecule has 8 heteroatoms. The van der Waals surface area contributed by atoms with Gasteiger partial charge in [0.25, 0.3) is 0 Å². The van der Waals surface area contributed by atoms with E-state index in [2.05, 4.69) is 22.4 Å². The Morgan fingerprint density at radius 1 is 1.12 bits per heavy atom. The molecule has 0 heterocycles. The summed E-state index contributed by atoms with van der Waals surface area (Å²) in [6.07, 6.45) is 3.03. The summed E-state index contributed by atoms with van der Waals surface area (Å²) < 4.78 is 5.39. The molecule has 2 rings (SSSR count). The summed E-state index contributed by atoms with van der Waals surface area (Å²) >= 11 is 11.6. The number of carbonyl (C=O) groups is 2. The Hall–Kier alpha value is -2.83. The van der Waals surface area contributed by atoms with E-state index in [1.807, 2.05) is 0 Å². The van der Waals surface area contributed by atoms with Crippen molar-refractivity contribution in [1.29, 1.82) is 0 Å². The van der Waals surface area contributed by atoms with Crippen LogP contribution in [0.2, 0.25) is 10.0 Å². The molecule has 2 aromatic rings. The number of nitrogens with zero attached hydrogens (tertiary/aromatic N) is 1. The Morgan fingerprint density at radius 2 is 1.92 bits per heavy atom. The molecule has 0 aromatic heterocycles. The Bertz CT molecular complexity index is 853. The van der Waals surface area contributed by atoms with Gasteiger partial charge in [0, 0.05) is 5.69 Å². The van der Waals surface area contributed by atoms with Crippen molar-refractivity contribution < 1.29 is 14.3 Å². The van der Waals surface area contributed by atoms with Gasteiger partial charge in [-0.2, -0.15) is 5.10 Å². The second kappa shape index (κ2) is 9.60. The molecule has 0 aliphatic heterocycles. The van der Waals surface area contributed by atoms with Crippen LogP contribution in [0.1, 0.15) is 5.56 Å². The number of halogens is 2. The minimum absolute atomic E-state index is 0.265. The number of hydrogen-bond donors (Lipinski definition) is 2. The van der Waals surface area contributed by atoms with Crippen LogP contribution in [-0.2, 0) is 9.59 Å². The van der Waals surface area contributed by atoms with Crippen molar-refractivity contribution in [3.8, 4) is 5.75 Å². The minimum atomic E-state index is -0.925. The molecule has 0 saturated heterocycles. The Labute approximate surface area is 160 Å². The molecule has 0 unspecified atom stereocenters. The summed E-state index contributed by atoms with van der Waals surface area (Å²) in [5.74, 6) is -1.17. The van der Waals surface area contributed by atoms with Gasteiger partial charge < -0.3 is 10.1 Å². The normalized spacial score (nSPS) is 10.4. The fourth-order valence-electron chi connectivity index (χ4n) is 1.82. The third-order valence-electron chi connectivity index (χ3n) is 2.99. The topological polar surface area (TPSA) is 79.8 Å². The first-order valence-electron chi connectivity index (χ1n) is 7.43. The van der Waals surface area contributed by atoms with Gasteiger partial charge in [0.15, 0.2) is 0 Å². The minimum Gasteiger partial charge on any atom is -0.490 e. The Morgan fingerprint density at radius 3 is 2.65 bits per heavy atom. The molecule has 6 nitrogen and oxygen atoms in total. The number of anilines is 1. The van der Waals surface area contributed by atoms with Gasteiger partial charge in [-0.1, -0.05) is 48.0 Å². The lowest BCUT2D eigenvalue weighted by Crippen LogP contribution is -2.32. The first-order valence-corrected chi connectivity index (χ1v) is 8.18. The highest BCUT2D eigenvalue weighted by molar-refractivity contribution is 6.42. The summed E-state index contributed by atoms with van der Waals surface area (Å²) in [6.45, 7) is 3.95. The molecule has 0 atom stereocenters. The fourth-order valence-corrected chi connectivity index (χ4v) is 2.12. The highest BCUT2D eigenvalue weighted by atomic mass is 35.5. The smallest absolute Gasteiger partial charge is 0.329 e.